The van der Waals surface area contributed by atoms with Crippen LogP contribution in [-0.2, 0) is 14.3 Å². The zero-order chi connectivity index (χ0) is 21.8. The Labute approximate surface area is 179 Å². The molecule has 0 unspecified atom stereocenters. The monoisotopic (exact) mass is 431 g/mol. The average Bonchev–Trinajstić information content (AvgIpc) is 2.96. The second-order valence-corrected chi connectivity index (χ2v) is 7.76. The van der Waals surface area contributed by atoms with Gasteiger partial charge in [0.2, 0.25) is 0 Å². The minimum atomic E-state index is -0.819. The zero-order valence-corrected chi connectivity index (χ0v) is 17.5. The number of ether oxygens (including phenoxy) is 1. The van der Waals surface area contributed by atoms with Gasteiger partial charge in [-0.25, -0.2) is 4.39 Å². The van der Waals surface area contributed by atoms with Crippen molar-refractivity contribution in [3.05, 3.63) is 76.1 Å². The fourth-order valence-electron chi connectivity index (χ4n) is 3.42. The van der Waals surface area contributed by atoms with E-state index in [0.717, 1.165) is 0 Å². The van der Waals surface area contributed by atoms with Crippen LogP contribution < -0.4 is 0 Å². The van der Waals surface area contributed by atoms with Crippen molar-refractivity contribution in [1.29, 1.82) is 0 Å². The number of carbonyl (C=O) groups is 2. The van der Waals surface area contributed by atoms with Gasteiger partial charge in [0.25, 0.3) is 11.7 Å². The first-order valence-corrected chi connectivity index (χ1v) is 10.1. The van der Waals surface area contributed by atoms with E-state index in [0.29, 0.717) is 29.2 Å². The molecule has 0 spiro atoms. The molecule has 0 bridgehead atoms. The van der Waals surface area contributed by atoms with E-state index in [1.165, 1.54) is 29.2 Å². The van der Waals surface area contributed by atoms with E-state index in [9.17, 15) is 19.1 Å². The summed E-state index contributed by atoms with van der Waals surface area (Å²) in [4.78, 5) is 27.0. The van der Waals surface area contributed by atoms with Crippen LogP contribution in [0.2, 0.25) is 5.02 Å². The number of halogens is 2. The summed E-state index contributed by atoms with van der Waals surface area (Å²) in [5.41, 5.74) is 0.877. The summed E-state index contributed by atoms with van der Waals surface area (Å²) in [5, 5.41) is 11.4. The standard InChI is InChI=1S/C23H23ClFNO4/c1-14(2)30-13-3-12-26-20(15-6-10-18(25)11-7-15)19(22(28)23(26)29)21(27)16-4-8-17(24)9-5-16/h4-11,14,20,27H,3,12-13H2,1-2H3/t20-/m1/s1. The predicted molar refractivity (Wildman–Crippen MR) is 113 cm³/mol. The molecule has 7 heteroatoms. The maximum Gasteiger partial charge on any atom is 0.295 e. The van der Waals surface area contributed by atoms with Gasteiger partial charge in [0.05, 0.1) is 17.7 Å². The van der Waals surface area contributed by atoms with E-state index < -0.39 is 23.5 Å². The maximum atomic E-state index is 13.5. The Morgan fingerprint density at radius 2 is 1.77 bits per heavy atom. The highest BCUT2D eigenvalue weighted by molar-refractivity contribution is 6.46. The van der Waals surface area contributed by atoms with Crippen LogP contribution in [0, 0.1) is 5.82 Å². The van der Waals surface area contributed by atoms with Gasteiger partial charge in [-0.05, 0) is 62.2 Å². The number of amides is 1. The molecule has 2 aromatic carbocycles. The first kappa shape index (κ1) is 22.0. The molecule has 1 amide bonds. The molecule has 0 aromatic heterocycles. The van der Waals surface area contributed by atoms with Crippen LogP contribution in [0.5, 0.6) is 0 Å². The molecule has 158 valence electrons. The number of nitrogens with zero attached hydrogens (tertiary/aromatic N) is 1. The van der Waals surface area contributed by atoms with Gasteiger partial charge >= 0.3 is 0 Å². The van der Waals surface area contributed by atoms with Gasteiger partial charge in [0.1, 0.15) is 11.6 Å². The van der Waals surface area contributed by atoms with E-state index >= 15 is 0 Å². The highest BCUT2D eigenvalue weighted by Crippen LogP contribution is 2.39. The number of carbonyl (C=O) groups excluding carboxylic acids is 2. The van der Waals surface area contributed by atoms with Gasteiger partial charge in [-0.3, -0.25) is 9.59 Å². The number of aliphatic hydroxyl groups excluding tert-OH is 1. The number of hydrogen-bond acceptors (Lipinski definition) is 4. The van der Waals surface area contributed by atoms with Crippen molar-refractivity contribution in [2.24, 2.45) is 0 Å². The van der Waals surface area contributed by atoms with Gasteiger partial charge in [0, 0.05) is 23.7 Å². The van der Waals surface area contributed by atoms with Crippen molar-refractivity contribution in [3.63, 3.8) is 0 Å². The molecule has 1 heterocycles. The lowest BCUT2D eigenvalue weighted by atomic mass is 9.95. The Bertz CT molecular complexity index is 954. The fourth-order valence-corrected chi connectivity index (χ4v) is 3.55. The summed E-state index contributed by atoms with van der Waals surface area (Å²) in [5.74, 6) is -2.20. The topological polar surface area (TPSA) is 66.8 Å². The fraction of sp³-hybridized carbons (Fsp3) is 0.304. The number of hydrogen-bond donors (Lipinski definition) is 1. The lowest BCUT2D eigenvalue weighted by Crippen LogP contribution is -2.31. The van der Waals surface area contributed by atoms with Gasteiger partial charge in [-0.15, -0.1) is 0 Å². The van der Waals surface area contributed by atoms with Crippen molar-refractivity contribution in [2.75, 3.05) is 13.2 Å². The molecule has 0 aliphatic carbocycles. The molecule has 2 aromatic rings. The summed E-state index contributed by atoms with van der Waals surface area (Å²) in [6.07, 6.45) is 0.572. The molecule has 1 saturated heterocycles. The molecular formula is C23H23ClFNO4. The van der Waals surface area contributed by atoms with Gasteiger partial charge in [0.15, 0.2) is 0 Å². The summed E-state index contributed by atoms with van der Waals surface area (Å²) in [6, 6.07) is 11.1. The minimum Gasteiger partial charge on any atom is -0.507 e. The normalized spacial score (nSPS) is 18.4. The first-order valence-electron chi connectivity index (χ1n) is 9.71. The zero-order valence-electron chi connectivity index (χ0n) is 16.8. The molecule has 30 heavy (non-hydrogen) atoms. The van der Waals surface area contributed by atoms with E-state index in [1.807, 2.05) is 13.8 Å². The Kier molecular flexibility index (Phi) is 6.90. The second-order valence-electron chi connectivity index (χ2n) is 7.32. The molecule has 5 nitrogen and oxygen atoms in total. The number of aliphatic hydroxyl groups is 1. The smallest absolute Gasteiger partial charge is 0.295 e. The van der Waals surface area contributed by atoms with Gasteiger partial charge in [-0.1, -0.05) is 23.7 Å². The Morgan fingerprint density at radius 3 is 2.37 bits per heavy atom. The lowest BCUT2D eigenvalue weighted by molar-refractivity contribution is -0.140. The van der Waals surface area contributed by atoms with Gasteiger partial charge < -0.3 is 14.7 Å². The Morgan fingerprint density at radius 1 is 1.13 bits per heavy atom. The third-order valence-corrected chi connectivity index (χ3v) is 5.09. The van der Waals surface area contributed by atoms with Crippen molar-refractivity contribution in [1.82, 2.24) is 4.90 Å². The van der Waals surface area contributed by atoms with Crippen LogP contribution in [0.25, 0.3) is 5.76 Å². The molecule has 1 aliphatic rings. The molecule has 3 rings (SSSR count). The highest BCUT2D eigenvalue weighted by atomic mass is 35.5. The van der Waals surface area contributed by atoms with Crippen LogP contribution in [0.4, 0.5) is 4.39 Å². The molecule has 0 radical (unpaired) electrons. The Hall–Kier alpha value is -2.70. The lowest BCUT2D eigenvalue weighted by Gasteiger charge is -2.25. The number of Topliss-reactive ketones (excluding diaryl/α,β-unsaturated/α-hetero) is 1. The SMILES string of the molecule is CC(C)OCCCN1C(=O)C(=O)C(=C(O)c2ccc(Cl)cc2)[C@H]1c1ccc(F)cc1. The molecule has 1 N–H and O–H groups in total. The predicted octanol–water partition coefficient (Wildman–Crippen LogP) is 4.72. The quantitative estimate of drug-likeness (QED) is 0.298. The third-order valence-electron chi connectivity index (χ3n) is 4.84. The summed E-state index contributed by atoms with van der Waals surface area (Å²) in [6.45, 7) is 4.51. The first-order chi connectivity index (χ1) is 14.3. The maximum absolute atomic E-state index is 13.5. The average molecular weight is 432 g/mol. The summed E-state index contributed by atoms with van der Waals surface area (Å²) in [7, 11) is 0. The Balaban J connectivity index is 2.01. The minimum absolute atomic E-state index is 0.0290. The van der Waals surface area contributed by atoms with Crippen molar-refractivity contribution >= 4 is 29.1 Å². The van der Waals surface area contributed by atoms with Crippen LogP contribution in [0.1, 0.15) is 37.4 Å². The van der Waals surface area contributed by atoms with Crippen LogP contribution in [-0.4, -0.2) is 41.0 Å². The summed E-state index contributed by atoms with van der Waals surface area (Å²) < 4.78 is 19.0. The molecule has 1 aliphatic heterocycles. The molecule has 0 saturated carbocycles. The third kappa shape index (κ3) is 4.71. The van der Waals surface area contributed by atoms with E-state index in [1.54, 1.807) is 24.3 Å². The molecular weight excluding hydrogens is 409 g/mol. The van der Waals surface area contributed by atoms with Gasteiger partial charge in [-0.2, -0.15) is 0 Å². The van der Waals surface area contributed by atoms with Crippen molar-refractivity contribution < 1.29 is 23.8 Å². The second kappa shape index (κ2) is 9.41. The number of benzene rings is 2. The summed E-state index contributed by atoms with van der Waals surface area (Å²) >= 11 is 5.91. The van der Waals surface area contributed by atoms with Crippen molar-refractivity contribution in [3.8, 4) is 0 Å². The number of ketones is 1. The highest BCUT2D eigenvalue weighted by Gasteiger charge is 2.45. The number of likely N-dealkylation sites (tertiary alicyclic amines) is 1. The van der Waals surface area contributed by atoms with E-state index in [-0.39, 0.29) is 24.0 Å². The molecule has 1 atom stereocenters. The van der Waals surface area contributed by atoms with Crippen LogP contribution in [0.15, 0.2) is 54.1 Å². The van der Waals surface area contributed by atoms with Crippen LogP contribution in [0.3, 0.4) is 0 Å². The van der Waals surface area contributed by atoms with Crippen molar-refractivity contribution in [2.45, 2.75) is 32.4 Å². The van der Waals surface area contributed by atoms with E-state index in [2.05, 4.69) is 0 Å². The largest absolute Gasteiger partial charge is 0.507 e. The van der Waals surface area contributed by atoms with Crippen LogP contribution >= 0.6 is 11.6 Å². The number of rotatable bonds is 7. The van der Waals surface area contributed by atoms with E-state index in [4.69, 9.17) is 16.3 Å². The molecule has 1 fully saturated rings.